The van der Waals surface area contributed by atoms with Crippen LogP contribution in [-0.2, 0) is 9.53 Å². The number of anilines is 1. The molecule has 0 atom stereocenters. The van der Waals surface area contributed by atoms with Crippen LogP contribution in [0.15, 0.2) is 60.7 Å². The van der Waals surface area contributed by atoms with Crippen LogP contribution in [0.5, 0.6) is 5.75 Å². The number of methoxy groups -OCH3 is 1. The second kappa shape index (κ2) is 7.65. The number of benzene rings is 3. The van der Waals surface area contributed by atoms with E-state index in [-0.39, 0.29) is 17.9 Å². The molecule has 0 aromatic heterocycles. The lowest BCUT2D eigenvalue weighted by atomic mass is 10.1. The maximum atomic E-state index is 13.2. The molecule has 1 amide bonds. The van der Waals surface area contributed by atoms with Gasteiger partial charge in [-0.1, -0.05) is 36.4 Å². The molecule has 0 fully saturated rings. The van der Waals surface area contributed by atoms with E-state index in [1.54, 1.807) is 24.3 Å². The van der Waals surface area contributed by atoms with Gasteiger partial charge < -0.3 is 14.8 Å². The van der Waals surface area contributed by atoms with Crippen molar-refractivity contribution < 1.29 is 23.5 Å². The Morgan fingerprint density at radius 3 is 2.62 bits per heavy atom. The van der Waals surface area contributed by atoms with Gasteiger partial charge in [0.2, 0.25) is 0 Å². The Labute approximate surface area is 149 Å². The maximum absolute atomic E-state index is 13.2. The number of carbonyl (C=O) groups excluding carboxylic acids is 2. The summed E-state index contributed by atoms with van der Waals surface area (Å²) < 4.78 is 23.6. The summed E-state index contributed by atoms with van der Waals surface area (Å²) in [6.45, 7) is -0.339. The van der Waals surface area contributed by atoms with E-state index in [2.05, 4.69) is 5.32 Å². The van der Waals surface area contributed by atoms with E-state index >= 15 is 0 Å². The van der Waals surface area contributed by atoms with Crippen LogP contribution in [0.3, 0.4) is 0 Å². The van der Waals surface area contributed by atoms with Gasteiger partial charge in [-0.25, -0.2) is 9.18 Å². The Morgan fingerprint density at radius 1 is 1.04 bits per heavy atom. The number of fused-ring (bicyclic) bond motifs is 1. The minimum Gasteiger partial charge on any atom is -0.482 e. The normalized spacial score (nSPS) is 10.4. The van der Waals surface area contributed by atoms with Crippen molar-refractivity contribution in [2.24, 2.45) is 0 Å². The minimum absolute atomic E-state index is 0.227. The first-order chi connectivity index (χ1) is 12.6. The van der Waals surface area contributed by atoms with Gasteiger partial charge in [0.05, 0.1) is 7.11 Å². The fourth-order valence-corrected chi connectivity index (χ4v) is 2.57. The van der Waals surface area contributed by atoms with Crippen molar-refractivity contribution in [3.63, 3.8) is 0 Å². The molecule has 0 saturated heterocycles. The number of ether oxygens (including phenoxy) is 2. The first kappa shape index (κ1) is 17.4. The summed E-state index contributed by atoms with van der Waals surface area (Å²) in [6.07, 6.45) is 0. The van der Waals surface area contributed by atoms with Gasteiger partial charge in [0.15, 0.2) is 6.61 Å². The first-order valence-corrected chi connectivity index (χ1v) is 7.87. The molecule has 0 bridgehead atoms. The van der Waals surface area contributed by atoms with Crippen LogP contribution in [0.1, 0.15) is 10.4 Å². The zero-order valence-electron chi connectivity index (χ0n) is 14.0. The summed E-state index contributed by atoms with van der Waals surface area (Å²) in [7, 11) is 1.28. The van der Waals surface area contributed by atoms with E-state index in [4.69, 9.17) is 9.47 Å². The predicted molar refractivity (Wildman–Crippen MR) is 95.8 cm³/mol. The number of carbonyl (C=O) groups is 2. The Balaban J connectivity index is 1.83. The highest BCUT2D eigenvalue weighted by Crippen LogP contribution is 2.30. The first-order valence-electron chi connectivity index (χ1n) is 7.87. The van der Waals surface area contributed by atoms with Crippen LogP contribution < -0.4 is 10.1 Å². The molecule has 26 heavy (non-hydrogen) atoms. The Kier molecular flexibility index (Phi) is 5.12. The second-order valence-corrected chi connectivity index (χ2v) is 5.50. The van der Waals surface area contributed by atoms with Gasteiger partial charge in [-0.2, -0.15) is 0 Å². The van der Waals surface area contributed by atoms with Crippen LogP contribution in [0.25, 0.3) is 10.8 Å². The van der Waals surface area contributed by atoms with E-state index in [0.29, 0.717) is 11.1 Å². The largest absolute Gasteiger partial charge is 0.482 e. The summed E-state index contributed by atoms with van der Waals surface area (Å²) in [4.78, 5) is 24.1. The summed E-state index contributed by atoms with van der Waals surface area (Å²) in [6, 6.07) is 16.3. The molecule has 0 aliphatic heterocycles. The molecule has 0 radical (unpaired) electrons. The SMILES string of the molecule is COC(=O)c1ccc2ccccc2c1OCC(=O)Nc1cccc(F)c1. The molecular weight excluding hydrogens is 337 g/mol. The molecule has 3 rings (SSSR count). The zero-order chi connectivity index (χ0) is 18.5. The molecule has 3 aromatic rings. The van der Waals surface area contributed by atoms with Crippen LogP contribution in [-0.4, -0.2) is 25.6 Å². The molecule has 0 unspecified atom stereocenters. The third-order valence-electron chi connectivity index (χ3n) is 3.74. The number of esters is 1. The van der Waals surface area contributed by atoms with Crippen molar-refractivity contribution in [3.8, 4) is 5.75 Å². The van der Waals surface area contributed by atoms with Crippen molar-refractivity contribution >= 4 is 28.3 Å². The zero-order valence-corrected chi connectivity index (χ0v) is 14.0. The average Bonchev–Trinajstić information content (AvgIpc) is 2.65. The lowest BCUT2D eigenvalue weighted by Gasteiger charge is -2.13. The van der Waals surface area contributed by atoms with Gasteiger partial charge in [0.25, 0.3) is 5.91 Å². The van der Waals surface area contributed by atoms with Crippen molar-refractivity contribution in [1.82, 2.24) is 0 Å². The van der Waals surface area contributed by atoms with Crippen molar-refractivity contribution in [2.75, 3.05) is 19.0 Å². The van der Waals surface area contributed by atoms with E-state index < -0.39 is 17.7 Å². The fourth-order valence-electron chi connectivity index (χ4n) is 2.57. The highest BCUT2D eigenvalue weighted by Gasteiger charge is 2.17. The molecule has 6 heteroatoms. The summed E-state index contributed by atoms with van der Waals surface area (Å²) in [5, 5.41) is 4.09. The Bertz CT molecular complexity index is 971. The van der Waals surface area contributed by atoms with Crippen LogP contribution in [0.4, 0.5) is 10.1 Å². The Hall–Kier alpha value is -3.41. The van der Waals surface area contributed by atoms with Gasteiger partial charge in [-0.3, -0.25) is 4.79 Å². The van der Waals surface area contributed by atoms with Gasteiger partial charge in [0.1, 0.15) is 17.1 Å². The molecule has 3 aromatic carbocycles. The molecule has 0 aliphatic carbocycles. The van der Waals surface area contributed by atoms with Crippen molar-refractivity contribution in [2.45, 2.75) is 0 Å². The molecule has 1 N–H and O–H groups in total. The van der Waals surface area contributed by atoms with Gasteiger partial charge >= 0.3 is 5.97 Å². The third-order valence-corrected chi connectivity index (χ3v) is 3.74. The van der Waals surface area contributed by atoms with Gasteiger partial charge in [-0.05, 0) is 29.7 Å². The van der Waals surface area contributed by atoms with Crippen LogP contribution in [0, 0.1) is 5.82 Å². The monoisotopic (exact) mass is 353 g/mol. The number of hydrogen-bond acceptors (Lipinski definition) is 4. The highest BCUT2D eigenvalue weighted by molar-refractivity contribution is 6.01. The molecule has 0 spiro atoms. The summed E-state index contributed by atoms with van der Waals surface area (Å²) in [5.74, 6) is -1.22. The van der Waals surface area contributed by atoms with Crippen molar-refractivity contribution in [3.05, 3.63) is 72.0 Å². The number of rotatable bonds is 5. The van der Waals surface area contributed by atoms with Gasteiger partial charge in [-0.15, -0.1) is 0 Å². The fraction of sp³-hybridized carbons (Fsp3) is 0.100. The average molecular weight is 353 g/mol. The number of amides is 1. The van der Waals surface area contributed by atoms with Crippen molar-refractivity contribution in [1.29, 1.82) is 0 Å². The minimum atomic E-state index is -0.559. The van der Waals surface area contributed by atoms with E-state index in [0.717, 1.165) is 5.39 Å². The lowest BCUT2D eigenvalue weighted by Crippen LogP contribution is -2.21. The van der Waals surface area contributed by atoms with E-state index in [1.807, 2.05) is 18.2 Å². The van der Waals surface area contributed by atoms with E-state index in [1.165, 1.54) is 25.3 Å². The van der Waals surface area contributed by atoms with Crippen LogP contribution in [0.2, 0.25) is 0 Å². The highest BCUT2D eigenvalue weighted by atomic mass is 19.1. The molecular formula is C20H16FNO4. The molecule has 0 saturated carbocycles. The number of nitrogens with one attached hydrogen (secondary N) is 1. The summed E-state index contributed by atoms with van der Waals surface area (Å²) in [5.41, 5.74) is 0.550. The van der Waals surface area contributed by atoms with Crippen LogP contribution >= 0.6 is 0 Å². The molecule has 0 aliphatic rings. The predicted octanol–water partition coefficient (Wildman–Crippen LogP) is 3.78. The second-order valence-electron chi connectivity index (χ2n) is 5.50. The standard InChI is InChI=1S/C20H16FNO4/c1-25-20(24)17-10-9-13-5-2-3-8-16(13)19(17)26-12-18(23)22-15-7-4-6-14(21)11-15/h2-11H,12H2,1H3,(H,22,23). The molecule has 132 valence electrons. The Morgan fingerprint density at radius 2 is 1.85 bits per heavy atom. The quantitative estimate of drug-likeness (QED) is 0.709. The summed E-state index contributed by atoms with van der Waals surface area (Å²) >= 11 is 0. The topological polar surface area (TPSA) is 64.6 Å². The third kappa shape index (κ3) is 3.80. The number of halogens is 1. The lowest BCUT2D eigenvalue weighted by molar-refractivity contribution is -0.118. The molecule has 0 heterocycles. The molecule has 5 nitrogen and oxygen atoms in total. The van der Waals surface area contributed by atoms with Gasteiger partial charge in [0, 0.05) is 11.1 Å². The van der Waals surface area contributed by atoms with E-state index in [9.17, 15) is 14.0 Å². The maximum Gasteiger partial charge on any atom is 0.341 e. The smallest absolute Gasteiger partial charge is 0.341 e. The number of hydrogen-bond donors (Lipinski definition) is 1.